The number of ether oxygens (including phenoxy) is 3. The third-order valence-corrected chi connectivity index (χ3v) is 3.50. The second kappa shape index (κ2) is 7.76. The molecule has 1 aromatic carbocycles. The molecule has 2 N–H and O–H groups in total. The molecule has 1 aromatic heterocycles. The normalized spacial score (nSPS) is 12.9. The zero-order valence-electron chi connectivity index (χ0n) is 15.2. The van der Waals surface area contributed by atoms with Crippen molar-refractivity contribution in [1.82, 2.24) is 5.32 Å². The molecule has 1 unspecified atom stereocenters. The van der Waals surface area contributed by atoms with Crippen LogP contribution in [0.5, 0.6) is 17.2 Å². The fourth-order valence-electron chi connectivity index (χ4n) is 2.28. The van der Waals surface area contributed by atoms with Gasteiger partial charge < -0.3 is 29.1 Å². The Balaban J connectivity index is 2.31. The van der Waals surface area contributed by atoms with E-state index in [1.165, 1.54) is 20.3 Å². The molecule has 25 heavy (non-hydrogen) atoms. The van der Waals surface area contributed by atoms with Crippen LogP contribution in [0.2, 0.25) is 0 Å². The van der Waals surface area contributed by atoms with Crippen LogP contribution in [0.3, 0.4) is 0 Å². The number of nitrogens with one attached hydrogen (secondary N) is 1. The molecule has 0 saturated heterocycles. The van der Waals surface area contributed by atoms with E-state index in [-0.39, 0.29) is 23.5 Å². The van der Waals surface area contributed by atoms with Crippen molar-refractivity contribution in [2.24, 2.45) is 0 Å². The van der Waals surface area contributed by atoms with Crippen molar-refractivity contribution in [3.05, 3.63) is 28.6 Å². The summed E-state index contributed by atoms with van der Waals surface area (Å²) < 4.78 is 21.7. The highest BCUT2D eigenvalue weighted by Gasteiger charge is 2.20. The van der Waals surface area contributed by atoms with Gasteiger partial charge in [0.25, 0.3) is 0 Å². The quantitative estimate of drug-likeness (QED) is 0.737. The average molecular weight is 351 g/mol. The van der Waals surface area contributed by atoms with Crippen LogP contribution in [0.4, 0.5) is 0 Å². The van der Waals surface area contributed by atoms with Crippen molar-refractivity contribution >= 4 is 11.0 Å². The van der Waals surface area contributed by atoms with Gasteiger partial charge in [-0.3, -0.25) is 0 Å². The van der Waals surface area contributed by atoms with E-state index < -0.39 is 11.7 Å². The van der Waals surface area contributed by atoms with Crippen molar-refractivity contribution in [2.75, 3.05) is 27.4 Å². The monoisotopic (exact) mass is 351 g/mol. The summed E-state index contributed by atoms with van der Waals surface area (Å²) in [6, 6.07) is 4.63. The maximum Gasteiger partial charge on any atom is 0.336 e. The molecule has 0 fully saturated rings. The van der Waals surface area contributed by atoms with Crippen LogP contribution in [0.1, 0.15) is 20.8 Å². The summed E-state index contributed by atoms with van der Waals surface area (Å²) in [6.07, 6.45) is -0.749. The zero-order chi connectivity index (χ0) is 18.6. The lowest BCUT2D eigenvalue weighted by Gasteiger charge is -2.23. The Morgan fingerprint density at radius 3 is 2.52 bits per heavy atom. The summed E-state index contributed by atoms with van der Waals surface area (Å²) in [5.74, 6) is 0.978. The SMILES string of the molecule is COc1cc2ccc(=O)oc2c(OCC(O)CNC(C)(C)C)c1OC. The minimum absolute atomic E-state index is 0.000310. The predicted molar refractivity (Wildman–Crippen MR) is 94.8 cm³/mol. The molecule has 0 amide bonds. The third-order valence-electron chi connectivity index (χ3n) is 3.50. The van der Waals surface area contributed by atoms with Crippen LogP contribution >= 0.6 is 0 Å². The molecule has 0 spiro atoms. The van der Waals surface area contributed by atoms with Gasteiger partial charge in [-0.2, -0.15) is 0 Å². The standard InChI is InChI=1S/C18H25NO6/c1-18(2,3)19-9-12(20)10-24-17-15-11(6-7-14(21)25-15)8-13(22-4)16(17)23-5/h6-8,12,19-20H,9-10H2,1-5H3. The predicted octanol–water partition coefficient (Wildman–Crippen LogP) is 1.94. The number of β-amino-alcohol motifs (C(OH)–C–C–N with tert-alkyl or cyclic N) is 1. The van der Waals surface area contributed by atoms with Gasteiger partial charge in [0, 0.05) is 23.5 Å². The average Bonchev–Trinajstić information content (AvgIpc) is 2.56. The summed E-state index contributed by atoms with van der Waals surface area (Å²) in [5, 5.41) is 14.0. The first-order chi connectivity index (χ1) is 11.7. The van der Waals surface area contributed by atoms with Crippen LogP contribution < -0.4 is 25.2 Å². The fourth-order valence-corrected chi connectivity index (χ4v) is 2.28. The van der Waals surface area contributed by atoms with E-state index in [1.807, 2.05) is 20.8 Å². The summed E-state index contributed by atoms with van der Waals surface area (Å²) in [7, 11) is 2.98. The number of aliphatic hydroxyl groups excluding tert-OH is 1. The summed E-state index contributed by atoms with van der Waals surface area (Å²) in [6.45, 7) is 6.38. The van der Waals surface area contributed by atoms with Crippen molar-refractivity contribution in [3.8, 4) is 17.2 Å². The highest BCUT2D eigenvalue weighted by Crippen LogP contribution is 2.43. The van der Waals surface area contributed by atoms with Crippen LogP contribution in [0, 0.1) is 0 Å². The van der Waals surface area contributed by atoms with Gasteiger partial charge in [0.2, 0.25) is 11.5 Å². The lowest BCUT2D eigenvalue weighted by atomic mass is 10.1. The minimum atomic E-state index is -0.749. The Labute approximate surface area is 146 Å². The highest BCUT2D eigenvalue weighted by atomic mass is 16.5. The van der Waals surface area contributed by atoms with Crippen LogP contribution in [0.25, 0.3) is 11.0 Å². The molecule has 0 aliphatic rings. The summed E-state index contributed by atoms with van der Waals surface area (Å²) >= 11 is 0. The largest absolute Gasteiger partial charge is 0.493 e. The summed E-state index contributed by atoms with van der Waals surface area (Å²) in [4.78, 5) is 11.6. The lowest BCUT2D eigenvalue weighted by Crippen LogP contribution is -2.42. The van der Waals surface area contributed by atoms with E-state index in [9.17, 15) is 9.90 Å². The first-order valence-electron chi connectivity index (χ1n) is 8.00. The van der Waals surface area contributed by atoms with Gasteiger partial charge in [-0.1, -0.05) is 0 Å². The molecule has 1 heterocycles. The number of benzene rings is 1. The van der Waals surface area contributed by atoms with Gasteiger partial charge in [-0.05, 0) is 32.9 Å². The van der Waals surface area contributed by atoms with Crippen LogP contribution in [-0.2, 0) is 0 Å². The van der Waals surface area contributed by atoms with Crippen LogP contribution in [-0.4, -0.2) is 44.1 Å². The van der Waals surface area contributed by atoms with Gasteiger partial charge in [-0.15, -0.1) is 0 Å². The maximum atomic E-state index is 11.6. The first kappa shape index (κ1) is 19.1. The number of hydrogen-bond acceptors (Lipinski definition) is 7. The first-order valence-corrected chi connectivity index (χ1v) is 8.00. The molecule has 0 bridgehead atoms. The zero-order valence-corrected chi connectivity index (χ0v) is 15.2. The van der Waals surface area contributed by atoms with E-state index in [2.05, 4.69) is 5.32 Å². The van der Waals surface area contributed by atoms with E-state index in [0.29, 0.717) is 23.4 Å². The van der Waals surface area contributed by atoms with Crippen LogP contribution in [0.15, 0.2) is 27.4 Å². The molecule has 2 aromatic rings. The number of methoxy groups -OCH3 is 2. The Morgan fingerprint density at radius 1 is 1.20 bits per heavy atom. The van der Waals surface area contributed by atoms with E-state index in [0.717, 1.165) is 0 Å². The van der Waals surface area contributed by atoms with Gasteiger partial charge in [0.1, 0.15) is 12.7 Å². The summed E-state index contributed by atoms with van der Waals surface area (Å²) in [5.41, 5.74) is -0.366. The van der Waals surface area contributed by atoms with E-state index in [1.54, 1.807) is 12.1 Å². The molecule has 0 aliphatic carbocycles. The molecule has 138 valence electrons. The fraction of sp³-hybridized carbons (Fsp3) is 0.500. The molecular formula is C18H25NO6. The Bertz CT molecular complexity index is 777. The van der Waals surface area contributed by atoms with E-state index >= 15 is 0 Å². The second-order valence-electron chi connectivity index (χ2n) is 6.71. The number of hydrogen-bond donors (Lipinski definition) is 2. The second-order valence-corrected chi connectivity index (χ2v) is 6.71. The topological polar surface area (TPSA) is 90.2 Å². The Hall–Kier alpha value is -2.25. The highest BCUT2D eigenvalue weighted by molar-refractivity contribution is 5.88. The maximum absolute atomic E-state index is 11.6. The van der Waals surface area contributed by atoms with Gasteiger partial charge >= 0.3 is 5.63 Å². The molecule has 2 rings (SSSR count). The number of fused-ring (bicyclic) bond motifs is 1. The van der Waals surface area contributed by atoms with Crippen molar-refractivity contribution in [2.45, 2.75) is 32.4 Å². The van der Waals surface area contributed by atoms with Gasteiger partial charge in [0.05, 0.1) is 14.2 Å². The van der Waals surface area contributed by atoms with Gasteiger partial charge in [-0.25, -0.2) is 4.79 Å². The molecule has 0 radical (unpaired) electrons. The Morgan fingerprint density at radius 2 is 1.92 bits per heavy atom. The third kappa shape index (κ3) is 4.87. The lowest BCUT2D eigenvalue weighted by molar-refractivity contribution is 0.0984. The Kier molecular flexibility index (Phi) is 5.92. The number of rotatable bonds is 7. The van der Waals surface area contributed by atoms with E-state index in [4.69, 9.17) is 18.6 Å². The minimum Gasteiger partial charge on any atom is -0.493 e. The molecule has 0 saturated carbocycles. The molecule has 0 aliphatic heterocycles. The van der Waals surface area contributed by atoms with Crippen molar-refractivity contribution < 1.29 is 23.7 Å². The molecule has 7 nitrogen and oxygen atoms in total. The van der Waals surface area contributed by atoms with Crippen molar-refractivity contribution in [3.63, 3.8) is 0 Å². The van der Waals surface area contributed by atoms with Gasteiger partial charge in [0.15, 0.2) is 11.3 Å². The smallest absolute Gasteiger partial charge is 0.336 e. The van der Waals surface area contributed by atoms with Crippen molar-refractivity contribution in [1.29, 1.82) is 0 Å². The molecule has 7 heteroatoms. The molecule has 1 atom stereocenters. The molecular weight excluding hydrogens is 326 g/mol. The number of aliphatic hydroxyl groups is 1.